The Morgan fingerprint density at radius 2 is 1.92 bits per heavy atom. The van der Waals surface area contributed by atoms with Crippen LogP contribution in [0.5, 0.6) is 5.75 Å². The molecule has 0 saturated carbocycles. The third kappa shape index (κ3) is 3.30. The van der Waals surface area contributed by atoms with Gasteiger partial charge in [-0.1, -0.05) is 42.5 Å². The van der Waals surface area contributed by atoms with Gasteiger partial charge in [-0.2, -0.15) is 0 Å². The lowest BCUT2D eigenvalue weighted by molar-refractivity contribution is 0.414. The van der Waals surface area contributed by atoms with Crippen LogP contribution in [0, 0.1) is 0 Å². The molecule has 0 aliphatic heterocycles. The molecule has 24 heavy (non-hydrogen) atoms. The summed E-state index contributed by atoms with van der Waals surface area (Å²) in [5, 5.41) is 0.517. The number of fused-ring (bicyclic) bond motifs is 1. The van der Waals surface area contributed by atoms with Crippen LogP contribution in [0.25, 0.3) is 23.1 Å². The SMILES string of the molecule is C=CCc1cc(OC)cc2c(=O)cc(/C=C/c3ccccc3)oc12. The van der Waals surface area contributed by atoms with Crippen LogP contribution < -0.4 is 10.2 Å². The highest BCUT2D eigenvalue weighted by atomic mass is 16.5. The summed E-state index contributed by atoms with van der Waals surface area (Å²) in [5.41, 5.74) is 2.41. The summed E-state index contributed by atoms with van der Waals surface area (Å²) in [6.45, 7) is 3.76. The molecule has 0 spiro atoms. The standard InChI is InChI=1S/C21H18O3/c1-3-7-16-12-18(23-2)13-19-20(22)14-17(24-21(16)19)11-10-15-8-5-4-6-9-15/h3-6,8-14H,1,7H2,2H3/b11-10+. The van der Waals surface area contributed by atoms with Crippen LogP contribution in [0.3, 0.4) is 0 Å². The average Bonchev–Trinajstić information content (AvgIpc) is 2.61. The molecule has 3 nitrogen and oxygen atoms in total. The van der Waals surface area contributed by atoms with E-state index in [2.05, 4.69) is 6.58 Å². The van der Waals surface area contributed by atoms with E-state index in [0.29, 0.717) is 28.9 Å². The number of methoxy groups -OCH3 is 1. The summed E-state index contributed by atoms with van der Waals surface area (Å²) in [4.78, 5) is 12.5. The van der Waals surface area contributed by atoms with E-state index in [1.54, 1.807) is 25.3 Å². The Morgan fingerprint density at radius 1 is 1.12 bits per heavy atom. The summed E-state index contributed by atoms with van der Waals surface area (Å²) in [7, 11) is 1.58. The molecule has 0 amide bonds. The molecule has 0 saturated heterocycles. The van der Waals surface area contributed by atoms with E-state index in [9.17, 15) is 4.79 Å². The Hall–Kier alpha value is -3.07. The molecule has 0 radical (unpaired) electrons. The van der Waals surface area contributed by atoms with Gasteiger partial charge in [-0.25, -0.2) is 0 Å². The fourth-order valence-corrected chi connectivity index (χ4v) is 2.57. The molecule has 0 aliphatic rings. The Kier molecular flexibility index (Phi) is 4.62. The first-order chi connectivity index (χ1) is 11.7. The number of ether oxygens (including phenoxy) is 1. The fraction of sp³-hybridized carbons (Fsp3) is 0.0952. The van der Waals surface area contributed by atoms with Crippen molar-refractivity contribution in [1.29, 1.82) is 0 Å². The zero-order valence-electron chi connectivity index (χ0n) is 13.5. The van der Waals surface area contributed by atoms with E-state index in [0.717, 1.165) is 11.1 Å². The van der Waals surface area contributed by atoms with Gasteiger partial charge in [0, 0.05) is 11.6 Å². The lowest BCUT2D eigenvalue weighted by Crippen LogP contribution is -2.03. The van der Waals surface area contributed by atoms with Crippen molar-refractivity contribution in [2.75, 3.05) is 7.11 Å². The zero-order valence-corrected chi connectivity index (χ0v) is 13.5. The fourth-order valence-electron chi connectivity index (χ4n) is 2.57. The van der Waals surface area contributed by atoms with Gasteiger partial charge in [-0.3, -0.25) is 4.79 Å². The van der Waals surface area contributed by atoms with Crippen LogP contribution in [0.4, 0.5) is 0 Å². The lowest BCUT2D eigenvalue weighted by Gasteiger charge is -2.08. The van der Waals surface area contributed by atoms with Gasteiger partial charge >= 0.3 is 0 Å². The van der Waals surface area contributed by atoms with Crippen molar-refractivity contribution < 1.29 is 9.15 Å². The maximum atomic E-state index is 12.5. The first kappa shape index (κ1) is 15.8. The van der Waals surface area contributed by atoms with Crippen LogP contribution >= 0.6 is 0 Å². The van der Waals surface area contributed by atoms with Crippen LogP contribution in [-0.2, 0) is 6.42 Å². The van der Waals surface area contributed by atoms with Crippen LogP contribution in [0.1, 0.15) is 16.9 Å². The number of rotatable bonds is 5. The quantitative estimate of drug-likeness (QED) is 0.640. The van der Waals surface area contributed by atoms with Gasteiger partial charge < -0.3 is 9.15 Å². The molecule has 1 heterocycles. The van der Waals surface area contributed by atoms with Crippen molar-refractivity contribution in [2.45, 2.75) is 6.42 Å². The van der Waals surface area contributed by atoms with E-state index in [1.807, 2.05) is 42.5 Å². The first-order valence-electron chi connectivity index (χ1n) is 7.70. The molecule has 1 aromatic heterocycles. The topological polar surface area (TPSA) is 39.4 Å². The number of hydrogen-bond donors (Lipinski definition) is 0. The molecule has 0 atom stereocenters. The molecular weight excluding hydrogens is 300 g/mol. The van der Waals surface area contributed by atoms with E-state index < -0.39 is 0 Å². The maximum Gasteiger partial charge on any atom is 0.193 e. The third-order valence-corrected chi connectivity index (χ3v) is 3.74. The minimum atomic E-state index is -0.0897. The minimum absolute atomic E-state index is 0.0897. The first-order valence-corrected chi connectivity index (χ1v) is 7.70. The number of hydrogen-bond acceptors (Lipinski definition) is 3. The molecule has 3 rings (SSSR count). The predicted molar refractivity (Wildman–Crippen MR) is 98.3 cm³/mol. The molecule has 0 fully saturated rings. The second-order valence-corrected chi connectivity index (χ2v) is 5.41. The van der Waals surface area contributed by atoms with Gasteiger partial charge in [0.25, 0.3) is 0 Å². The van der Waals surface area contributed by atoms with Crippen molar-refractivity contribution in [3.05, 3.63) is 88.3 Å². The Morgan fingerprint density at radius 3 is 2.62 bits per heavy atom. The molecule has 3 heteroatoms. The van der Waals surface area contributed by atoms with Gasteiger partial charge in [0.1, 0.15) is 17.1 Å². The molecular formula is C21H18O3. The van der Waals surface area contributed by atoms with Gasteiger partial charge in [0.2, 0.25) is 0 Å². The molecule has 2 aromatic carbocycles. The summed E-state index contributed by atoms with van der Waals surface area (Å²) < 4.78 is 11.2. The smallest absolute Gasteiger partial charge is 0.193 e. The monoisotopic (exact) mass is 318 g/mol. The van der Waals surface area contributed by atoms with E-state index in [-0.39, 0.29) is 5.43 Å². The van der Waals surface area contributed by atoms with Crippen molar-refractivity contribution in [3.8, 4) is 5.75 Å². The Bertz CT molecular complexity index is 950. The average molecular weight is 318 g/mol. The second kappa shape index (κ2) is 7.01. The predicted octanol–water partition coefficient (Wildman–Crippen LogP) is 4.70. The molecule has 0 N–H and O–H groups in total. The Labute approximate surface area is 140 Å². The van der Waals surface area contributed by atoms with Crippen molar-refractivity contribution >= 4 is 23.1 Å². The highest BCUT2D eigenvalue weighted by Crippen LogP contribution is 2.25. The second-order valence-electron chi connectivity index (χ2n) is 5.41. The molecule has 0 bridgehead atoms. The highest BCUT2D eigenvalue weighted by Gasteiger charge is 2.10. The largest absolute Gasteiger partial charge is 0.497 e. The summed E-state index contributed by atoms with van der Waals surface area (Å²) in [6.07, 6.45) is 6.10. The highest BCUT2D eigenvalue weighted by molar-refractivity contribution is 5.83. The summed E-state index contributed by atoms with van der Waals surface area (Å²) in [5.74, 6) is 1.16. The number of benzene rings is 2. The van der Waals surface area contributed by atoms with Gasteiger partial charge in [0.05, 0.1) is 12.5 Å². The minimum Gasteiger partial charge on any atom is -0.497 e. The van der Waals surface area contributed by atoms with E-state index in [4.69, 9.17) is 9.15 Å². The molecule has 3 aromatic rings. The maximum absolute atomic E-state index is 12.5. The van der Waals surface area contributed by atoms with Crippen LogP contribution in [-0.4, -0.2) is 7.11 Å². The molecule has 0 aliphatic carbocycles. The van der Waals surface area contributed by atoms with Crippen LogP contribution in [0.15, 0.2) is 70.4 Å². The van der Waals surface area contributed by atoms with Gasteiger partial charge in [-0.05, 0) is 30.2 Å². The van der Waals surface area contributed by atoms with E-state index in [1.165, 1.54) is 6.07 Å². The molecule has 120 valence electrons. The third-order valence-electron chi connectivity index (χ3n) is 3.74. The van der Waals surface area contributed by atoms with Crippen molar-refractivity contribution in [1.82, 2.24) is 0 Å². The summed E-state index contributed by atoms with van der Waals surface area (Å²) in [6, 6.07) is 14.9. The number of allylic oxidation sites excluding steroid dienone is 1. The zero-order chi connectivity index (χ0) is 16.9. The summed E-state index contributed by atoms with van der Waals surface area (Å²) >= 11 is 0. The van der Waals surface area contributed by atoms with Gasteiger partial charge in [0.15, 0.2) is 5.43 Å². The normalized spacial score (nSPS) is 11.0. The van der Waals surface area contributed by atoms with Crippen LogP contribution in [0.2, 0.25) is 0 Å². The van der Waals surface area contributed by atoms with Crippen molar-refractivity contribution in [2.24, 2.45) is 0 Å². The Balaban J connectivity index is 2.11. The van der Waals surface area contributed by atoms with Gasteiger partial charge in [-0.15, -0.1) is 6.58 Å². The van der Waals surface area contributed by atoms with Crippen molar-refractivity contribution in [3.63, 3.8) is 0 Å². The lowest BCUT2D eigenvalue weighted by atomic mass is 10.1. The molecule has 0 unspecified atom stereocenters. The van der Waals surface area contributed by atoms with E-state index >= 15 is 0 Å².